The second-order valence-electron chi connectivity index (χ2n) is 4.42. The van der Waals surface area contributed by atoms with Gasteiger partial charge in [-0.2, -0.15) is 0 Å². The van der Waals surface area contributed by atoms with E-state index in [2.05, 4.69) is 0 Å². The van der Waals surface area contributed by atoms with Crippen LogP contribution in [0.5, 0.6) is 0 Å². The van der Waals surface area contributed by atoms with Crippen LogP contribution in [-0.4, -0.2) is 11.5 Å². The predicted octanol–water partition coefficient (Wildman–Crippen LogP) is 2.53. The molecule has 0 heterocycles. The van der Waals surface area contributed by atoms with Gasteiger partial charge in [0.1, 0.15) is 5.02 Å². The molecule has 16 heavy (non-hydrogen) atoms. The Hall–Kier alpha value is -1.13. The molecule has 2 N–H and O–H groups in total. The van der Waals surface area contributed by atoms with E-state index in [1.807, 2.05) is 0 Å². The van der Waals surface area contributed by atoms with Crippen molar-refractivity contribution in [2.24, 2.45) is 11.1 Å². The lowest BCUT2D eigenvalue weighted by molar-refractivity contribution is -0.384. The summed E-state index contributed by atoms with van der Waals surface area (Å²) in [7, 11) is 0. The van der Waals surface area contributed by atoms with E-state index in [0.717, 1.165) is 24.8 Å². The normalized spacial score (nSPS) is 17.1. The molecule has 0 aliphatic heterocycles. The third-order valence-electron chi connectivity index (χ3n) is 3.18. The highest BCUT2D eigenvalue weighted by molar-refractivity contribution is 6.32. The summed E-state index contributed by atoms with van der Waals surface area (Å²) in [5.41, 5.74) is 6.90. The first-order valence-corrected chi connectivity index (χ1v) is 5.57. The average Bonchev–Trinajstić information content (AvgIpc) is 2.98. The molecule has 1 fully saturated rings. The van der Waals surface area contributed by atoms with Crippen molar-refractivity contribution in [1.82, 2.24) is 0 Å². The number of nitro groups is 1. The van der Waals surface area contributed by atoms with Crippen molar-refractivity contribution in [3.8, 4) is 0 Å². The van der Waals surface area contributed by atoms with Gasteiger partial charge in [0.25, 0.3) is 5.69 Å². The number of hydrogen-bond donors (Lipinski definition) is 1. The van der Waals surface area contributed by atoms with Gasteiger partial charge in [0.15, 0.2) is 0 Å². The fraction of sp³-hybridized carbons (Fsp3) is 0.455. The molecular formula is C11H13ClN2O2. The second-order valence-corrected chi connectivity index (χ2v) is 4.83. The van der Waals surface area contributed by atoms with Crippen LogP contribution in [0.2, 0.25) is 5.02 Å². The van der Waals surface area contributed by atoms with Gasteiger partial charge < -0.3 is 5.73 Å². The smallest absolute Gasteiger partial charge is 0.287 e. The lowest BCUT2D eigenvalue weighted by Crippen LogP contribution is -2.17. The number of halogens is 1. The van der Waals surface area contributed by atoms with E-state index in [1.54, 1.807) is 12.1 Å². The quantitative estimate of drug-likeness (QED) is 0.650. The molecule has 1 aromatic rings. The van der Waals surface area contributed by atoms with Crippen molar-refractivity contribution < 1.29 is 4.92 Å². The number of nitro benzene ring substituents is 1. The Balaban J connectivity index is 2.18. The summed E-state index contributed by atoms with van der Waals surface area (Å²) in [4.78, 5) is 10.1. The molecule has 0 unspecified atom stereocenters. The molecule has 1 aliphatic carbocycles. The van der Waals surface area contributed by atoms with Crippen molar-refractivity contribution in [2.45, 2.75) is 19.3 Å². The summed E-state index contributed by atoms with van der Waals surface area (Å²) in [6, 6.07) is 4.90. The van der Waals surface area contributed by atoms with Crippen LogP contribution in [0.3, 0.4) is 0 Å². The molecule has 4 nitrogen and oxygen atoms in total. The van der Waals surface area contributed by atoms with Gasteiger partial charge in [-0.05, 0) is 42.9 Å². The zero-order valence-electron chi connectivity index (χ0n) is 8.78. The fourth-order valence-corrected chi connectivity index (χ4v) is 2.14. The van der Waals surface area contributed by atoms with Gasteiger partial charge in [0.05, 0.1) is 4.92 Å². The molecule has 0 spiro atoms. The molecule has 0 amide bonds. The molecule has 1 saturated carbocycles. The van der Waals surface area contributed by atoms with Crippen LogP contribution >= 0.6 is 11.6 Å². The summed E-state index contributed by atoms with van der Waals surface area (Å²) in [5.74, 6) is 0. The summed E-state index contributed by atoms with van der Waals surface area (Å²) >= 11 is 5.84. The van der Waals surface area contributed by atoms with E-state index < -0.39 is 4.92 Å². The van der Waals surface area contributed by atoms with Gasteiger partial charge in [0, 0.05) is 6.07 Å². The lowest BCUT2D eigenvalue weighted by atomic mass is 9.96. The monoisotopic (exact) mass is 240 g/mol. The van der Waals surface area contributed by atoms with Gasteiger partial charge in [0.2, 0.25) is 0 Å². The Morgan fingerprint density at radius 1 is 1.50 bits per heavy atom. The highest BCUT2D eigenvalue weighted by Crippen LogP contribution is 2.47. The minimum absolute atomic E-state index is 0.0389. The Bertz CT molecular complexity index is 430. The summed E-state index contributed by atoms with van der Waals surface area (Å²) in [5, 5.41) is 10.8. The van der Waals surface area contributed by atoms with Crippen LogP contribution < -0.4 is 5.73 Å². The molecule has 0 saturated heterocycles. The fourth-order valence-electron chi connectivity index (χ4n) is 1.87. The summed E-state index contributed by atoms with van der Waals surface area (Å²) in [6.45, 7) is 0.668. The van der Waals surface area contributed by atoms with Crippen LogP contribution in [0.1, 0.15) is 18.4 Å². The first-order chi connectivity index (χ1) is 7.56. The SMILES string of the molecule is NCC1(Cc2ccc([N+](=O)[O-])c(Cl)c2)CC1. The largest absolute Gasteiger partial charge is 0.330 e. The Kier molecular flexibility index (Phi) is 2.86. The minimum Gasteiger partial charge on any atom is -0.330 e. The van der Waals surface area contributed by atoms with Gasteiger partial charge in [-0.3, -0.25) is 10.1 Å². The van der Waals surface area contributed by atoms with E-state index in [1.165, 1.54) is 6.07 Å². The third kappa shape index (κ3) is 2.18. The van der Waals surface area contributed by atoms with Crippen LogP contribution in [0.4, 0.5) is 5.69 Å². The Morgan fingerprint density at radius 3 is 2.62 bits per heavy atom. The molecule has 0 atom stereocenters. The molecule has 0 aromatic heterocycles. The standard InChI is InChI=1S/C11H13ClN2O2/c12-9-5-8(1-2-10(9)14(15)16)6-11(7-13)3-4-11/h1-2,5H,3-4,6-7,13H2. The van der Waals surface area contributed by atoms with E-state index in [0.29, 0.717) is 6.54 Å². The van der Waals surface area contributed by atoms with Gasteiger partial charge in [-0.25, -0.2) is 0 Å². The first-order valence-electron chi connectivity index (χ1n) is 5.19. The van der Waals surface area contributed by atoms with Gasteiger partial charge in [-0.1, -0.05) is 17.7 Å². The maximum absolute atomic E-state index is 10.6. The Morgan fingerprint density at radius 2 is 2.19 bits per heavy atom. The summed E-state index contributed by atoms with van der Waals surface area (Å²) < 4.78 is 0. The predicted molar refractivity (Wildman–Crippen MR) is 62.5 cm³/mol. The number of hydrogen-bond acceptors (Lipinski definition) is 3. The van der Waals surface area contributed by atoms with Gasteiger partial charge in [-0.15, -0.1) is 0 Å². The highest BCUT2D eigenvalue weighted by Gasteiger charge is 2.41. The van der Waals surface area contributed by atoms with Crippen LogP contribution in [0.15, 0.2) is 18.2 Å². The van der Waals surface area contributed by atoms with Crippen molar-refractivity contribution in [2.75, 3.05) is 6.54 Å². The second kappa shape index (κ2) is 4.03. The average molecular weight is 241 g/mol. The zero-order chi connectivity index (χ0) is 11.8. The van der Waals surface area contributed by atoms with Crippen LogP contribution in [0, 0.1) is 15.5 Å². The van der Waals surface area contributed by atoms with Crippen LogP contribution in [-0.2, 0) is 6.42 Å². The third-order valence-corrected chi connectivity index (χ3v) is 3.48. The van der Waals surface area contributed by atoms with Crippen molar-refractivity contribution in [3.63, 3.8) is 0 Å². The maximum atomic E-state index is 10.6. The van der Waals surface area contributed by atoms with Crippen molar-refractivity contribution >= 4 is 17.3 Å². The maximum Gasteiger partial charge on any atom is 0.287 e. The van der Waals surface area contributed by atoms with Gasteiger partial charge >= 0.3 is 0 Å². The molecule has 2 rings (SSSR count). The number of nitrogens with two attached hydrogens (primary N) is 1. The summed E-state index contributed by atoms with van der Waals surface area (Å²) in [6.07, 6.45) is 3.14. The molecular weight excluding hydrogens is 228 g/mol. The molecule has 0 bridgehead atoms. The number of benzene rings is 1. The van der Waals surface area contributed by atoms with Crippen molar-refractivity contribution in [1.29, 1.82) is 0 Å². The first kappa shape index (κ1) is 11.4. The van der Waals surface area contributed by atoms with E-state index in [9.17, 15) is 10.1 Å². The van der Waals surface area contributed by atoms with E-state index in [-0.39, 0.29) is 16.1 Å². The topological polar surface area (TPSA) is 69.2 Å². The van der Waals surface area contributed by atoms with E-state index >= 15 is 0 Å². The van der Waals surface area contributed by atoms with Crippen molar-refractivity contribution in [3.05, 3.63) is 38.9 Å². The molecule has 5 heteroatoms. The minimum atomic E-state index is -0.470. The Labute approximate surface area is 98.5 Å². The number of rotatable bonds is 4. The zero-order valence-corrected chi connectivity index (χ0v) is 9.54. The lowest BCUT2D eigenvalue weighted by Gasteiger charge is -2.11. The molecule has 1 aliphatic rings. The van der Waals surface area contributed by atoms with E-state index in [4.69, 9.17) is 17.3 Å². The van der Waals surface area contributed by atoms with Crippen LogP contribution in [0.25, 0.3) is 0 Å². The molecule has 86 valence electrons. The molecule has 0 radical (unpaired) electrons. The highest BCUT2D eigenvalue weighted by atomic mass is 35.5. The number of nitrogens with zero attached hydrogens (tertiary/aromatic N) is 1. The molecule has 1 aromatic carbocycles.